The van der Waals surface area contributed by atoms with Crippen LogP contribution in [0.15, 0.2) is 54.9 Å². The Kier molecular flexibility index (Phi) is 3.64. The van der Waals surface area contributed by atoms with Gasteiger partial charge in [0.05, 0.1) is 18.1 Å². The third kappa shape index (κ3) is 3.08. The van der Waals surface area contributed by atoms with E-state index in [0.717, 1.165) is 16.9 Å². The molecule has 1 N–H and O–H groups in total. The summed E-state index contributed by atoms with van der Waals surface area (Å²) in [7, 11) is 0. The highest BCUT2D eigenvalue weighted by atomic mass is 19.1. The Balaban J connectivity index is 1.66. The highest BCUT2D eigenvalue weighted by molar-refractivity contribution is 5.48. The van der Waals surface area contributed by atoms with Gasteiger partial charge in [-0.25, -0.2) is 4.39 Å². The molecule has 0 aliphatic rings. The molecule has 0 bridgehead atoms. The van der Waals surface area contributed by atoms with Crippen LogP contribution >= 0.6 is 0 Å². The quantitative estimate of drug-likeness (QED) is 0.798. The first-order chi connectivity index (χ1) is 10.2. The largest absolute Gasteiger partial charge is 0.381 e. The van der Waals surface area contributed by atoms with Crippen molar-refractivity contribution < 1.29 is 4.39 Å². The number of benzene rings is 2. The van der Waals surface area contributed by atoms with Crippen LogP contribution in [0, 0.1) is 12.7 Å². The molecular weight excluding hydrogens is 267 g/mol. The summed E-state index contributed by atoms with van der Waals surface area (Å²) in [6.45, 7) is 2.42. The van der Waals surface area contributed by atoms with E-state index in [2.05, 4.69) is 15.5 Å². The first-order valence-corrected chi connectivity index (χ1v) is 6.68. The summed E-state index contributed by atoms with van der Waals surface area (Å²) < 4.78 is 13.2. The molecule has 0 aliphatic heterocycles. The molecule has 3 aromatic rings. The van der Waals surface area contributed by atoms with Crippen LogP contribution in [0.4, 0.5) is 10.1 Å². The Morgan fingerprint density at radius 1 is 1.05 bits per heavy atom. The van der Waals surface area contributed by atoms with E-state index in [-0.39, 0.29) is 5.82 Å². The third-order valence-electron chi connectivity index (χ3n) is 3.24. The zero-order valence-electron chi connectivity index (χ0n) is 11.6. The fraction of sp³-hybridized carbons (Fsp3) is 0.125. The average molecular weight is 282 g/mol. The van der Waals surface area contributed by atoms with Gasteiger partial charge in [0.2, 0.25) is 0 Å². The average Bonchev–Trinajstić information content (AvgIpc) is 3.03. The van der Waals surface area contributed by atoms with Gasteiger partial charge in [-0.1, -0.05) is 12.1 Å². The van der Waals surface area contributed by atoms with E-state index in [0.29, 0.717) is 12.1 Å². The molecule has 0 fully saturated rings. The van der Waals surface area contributed by atoms with Crippen molar-refractivity contribution in [2.75, 3.05) is 5.32 Å². The number of rotatable bonds is 4. The summed E-state index contributed by atoms with van der Waals surface area (Å²) in [6, 6.07) is 13.0. The molecule has 5 heteroatoms. The zero-order valence-corrected chi connectivity index (χ0v) is 11.6. The van der Waals surface area contributed by atoms with Gasteiger partial charge in [-0.2, -0.15) is 15.0 Å². The summed E-state index contributed by atoms with van der Waals surface area (Å²) in [5.74, 6) is -0.171. The molecule has 0 saturated heterocycles. The molecule has 0 aliphatic carbocycles. The maximum atomic E-state index is 13.2. The molecule has 2 aromatic carbocycles. The molecule has 21 heavy (non-hydrogen) atoms. The minimum absolute atomic E-state index is 0.171. The van der Waals surface area contributed by atoms with Gasteiger partial charge < -0.3 is 5.32 Å². The van der Waals surface area contributed by atoms with Gasteiger partial charge in [-0.15, -0.1) is 0 Å². The van der Waals surface area contributed by atoms with E-state index in [1.54, 1.807) is 30.2 Å². The zero-order chi connectivity index (χ0) is 14.7. The van der Waals surface area contributed by atoms with Crippen molar-refractivity contribution in [3.05, 3.63) is 71.8 Å². The van der Waals surface area contributed by atoms with Crippen LogP contribution in [0.2, 0.25) is 0 Å². The minimum Gasteiger partial charge on any atom is -0.381 e. The predicted molar refractivity (Wildman–Crippen MR) is 79.8 cm³/mol. The summed E-state index contributed by atoms with van der Waals surface area (Å²) in [5.41, 5.74) is 3.61. The Bertz CT molecular complexity index is 721. The van der Waals surface area contributed by atoms with Crippen LogP contribution in [-0.4, -0.2) is 15.0 Å². The van der Waals surface area contributed by atoms with E-state index in [9.17, 15) is 4.39 Å². The van der Waals surface area contributed by atoms with Crippen molar-refractivity contribution in [2.24, 2.45) is 0 Å². The maximum Gasteiger partial charge on any atom is 0.126 e. The second-order valence-electron chi connectivity index (χ2n) is 4.80. The number of nitrogens with one attached hydrogen (secondary N) is 1. The van der Waals surface area contributed by atoms with Crippen LogP contribution < -0.4 is 5.32 Å². The topological polar surface area (TPSA) is 42.7 Å². The number of hydrogen-bond acceptors (Lipinski definition) is 3. The molecule has 0 atom stereocenters. The molecule has 106 valence electrons. The molecule has 0 radical (unpaired) electrons. The summed E-state index contributed by atoms with van der Waals surface area (Å²) in [4.78, 5) is 1.56. The van der Waals surface area contributed by atoms with Crippen molar-refractivity contribution >= 4 is 5.69 Å². The van der Waals surface area contributed by atoms with E-state index < -0.39 is 0 Å². The summed E-state index contributed by atoms with van der Waals surface area (Å²) in [6.07, 6.45) is 3.28. The standard InChI is InChI=1S/C16H15FN4/c1-12-10-13(2-7-16(12)17)11-18-14-3-5-15(6-4-14)21-19-8-9-20-21/h2-10,18H,11H2,1H3. The van der Waals surface area contributed by atoms with Gasteiger partial charge in [0, 0.05) is 12.2 Å². The van der Waals surface area contributed by atoms with E-state index >= 15 is 0 Å². The molecule has 3 rings (SSSR count). The van der Waals surface area contributed by atoms with Crippen molar-refractivity contribution in [2.45, 2.75) is 13.5 Å². The molecule has 0 unspecified atom stereocenters. The highest BCUT2D eigenvalue weighted by Crippen LogP contribution is 2.14. The van der Waals surface area contributed by atoms with Crippen LogP contribution in [0.25, 0.3) is 5.69 Å². The third-order valence-corrected chi connectivity index (χ3v) is 3.24. The Hall–Kier alpha value is -2.69. The molecule has 0 spiro atoms. The second-order valence-corrected chi connectivity index (χ2v) is 4.80. The molecule has 1 aromatic heterocycles. The second kappa shape index (κ2) is 5.75. The molecule has 0 amide bonds. The molecule has 1 heterocycles. The van der Waals surface area contributed by atoms with Crippen LogP contribution in [0.3, 0.4) is 0 Å². The van der Waals surface area contributed by atoms with Gasteiger partial charge >= 0.3 is 0 Å². The number of hydrogen-bond donors (Lipinski definition) is 1. The summed E-state index contributed by atoms with van der Waals surface area (Å²) >= 11 is 0. The monoisotopic (exact) mass is 282 g/mol. The van der Waals surface area contributed by atoms with E-state index in [1.807, 2.05) is 30.3 Å². The summed E-state index contributed by atoms with van der Waals surface area (Å²) in [5, 5.41) is 11.5. The Morgan fingerprint density at radius 2 is 1.76 bits per heavy atom. The van der Waals surface area contributed by atoms with E-state index in [4.69, 9.17) is 0 Å². The number of nitrogens with zero attached hydrogens (tertiary/aromatic N) is 3. The van der Waals surface area contributed by atoms with Gasteiger partial charge in [0.15, 0.2) is 0 Å². The highest BCUT2D eigenvalue weighted by Gasteiger charge is 2.00. The number of halogens is 1. The molecule has 0 saturated carbocycles. The maximum absolute atomic E-state index is 13.2. The van der Waals surface area contributed by atoms with Gasteiger partial charge in [0.1, 0.15) is 5.82 Å². The SMILES string of the molecule is Cc1cc(CNc2ccc(-n3nccn3)cc2)ccc1F. The lowest BCUT2D eigenvalue weighted by Gasteiger charge is -2.08. The first-order valence-electron chi connectivity index (χ1n) is 6.68. The number of aryl methyl sites for hydroxylation is 1. The fourth-order valence-electron chi connectivity index (χ4n) is 2.08. The van der Waals surface area contributed by atoms with Gasteiger partial charge in [0.25, 0.3) is 0 Å². The van der Waals surface area contributed by atoms with Crippen LogP contribution in [0.5, 0.6) is 0 Å². The predicted octanol–water partition coefficient (Wildman–Crippen LogP) is 3.33. The van der Waals surface area contributed by atoms with Crippen molar-refractivity contribution in [1.82, 2.24) is 15.0 Å². The molecule has 4 nitrogen and oxygen atoms in total. The van der Waals surface area contributed by atoms with Crippen molar-refractivity contribution in [1.29, 1.82) is 0 Å². The van der Waals surface area contributed by atoms with Crippen molar-refractivity contribution in [3.63, 3.8) is 0 Å². The number of aromatic nitrogens is 3. The van der Waals surface area contributed by atoms with Crippen LogP contribution in [-0.2, 0) is 6.54 Å². The smallest absolute Gasteiger partial charge is 0.126 e. The molecular formula is C16H15FN4. The van der Waals surface area contributed by atoms with Crippen molar-refractivity contribution in [3.8, 4) is 5.69 Å². The van der Waals surface area contributed by atoms with Gasteiger partial charge in [-0.3, -0.25) is 0 Å². The lowest BCUT2D eigenvalue weighted by atomic mass is 10.1. The van der Waals surface area contributed by atoms with Gasteiger partial charge in [-0.05, 0) is 48.4 Å². The Morgan fingerprint density at radius 3 is 2.43 bits per heavy atom. The fourth-order valence-corrected chi connectivity index (χ4v) is 2.08. The van der Waals surface area contributed by atoms with E-state index in [1.165, 1.54) is 6.07 Å². The number of anilines is 1. The van der Waals surface area contributed by atoms with Crippen LogP contribution in [0.1, 0.15) is 11.1 Å². The normalized spacial score (nSPS) is 10.6. The lowest BCUT2D eigenvalue weighted by Crippen LogP contribution is -2.02. The Labute approximate surface area is 122 Å². The first kappa shape index (κ1) is 13.3. The lowest BCUT2D eigenvalue weighted by molar-refractivity contribution is 0.617. The minimum atomic E-state index is -0.171.